The van der Waals surface area contributed by atoms with Crippen molar-refractivity contribution in [3.63, 3.8) is 0 Å². The van der Waals surface area contributed by atoms with E-state index in [-0.39, 0.29) is 19.4 Å². The Hall–Kier alpha value is -1.03. The number of hydrogen-bond donors (Lipinski definition) is 3. The quantitative estimate of drug-likeness (QED) is 0.126. The molecule has 1 unspecified atom stereocenters. The Balaban J connectivity index is 4.59. The van der Waals surface area contributed by atoms with Crippen LogP contribution >= 0.6 is 7.82 Å². The molecular weight excluding hydrogens is 443 g/mol. The third-order valence-electron chi connectivity index (χ3n) is 4.51. The molecule has 0 amide bonds. The van der Waals surface area contributed by atoms with Crippen LogP contribution in [0.2, 0.25) is 0 Å². The second-order valence-corrected chi connectivity index (χ2v) is 9.12. The number of unbranched alkanes of at least 4 members (excludes halogenated alkanes) is 7. The standard InChI is InChI=1S/C21H41O10P/c1-3-5-7-9-11-12-20(24)28-16-19(31-21(25)13-10-8-6-4-2)17-30-32(26,27)29-15-18(23)14-22/h18-19,22-23H,3-17H2,1-2H3,(H,26,27)/t18-,19-/m1/s1. The number of carbonyl (C=O) groups is 2. The summed E-state index contributed by atoms with van der Waals surface area (Å²) >= 11 is 0. The van der Waals surface area contributed by atoms with Gasteiger partial charge in [0.15, 0.2) is 6.10 Å². The molecule has 0 saturated heterocycles. The average Bonchev–Trinajstić information content (AvgIpc) is 2.76. The molecule has 32 heavy (non-hydrogen) atoms. The molecule has 0 spiro atoms. The van der Waals surface area contributed by atoms with Gasteiger partial charge in [0.05, 0.1) is 19.8 Å². The fraction of sp³-hybridized carbons (Fsp3) is 0.905. The van der Waals surface area contributed by atoms with Gasteiger partial charge in [0.25, 0.3) is 0 Å². The van der Waals surface area contributed by atoms with Gasteiger partial charge in [-0.25, -0.2) is 4.57 Å². The van der Waals surface area contributed by atoms with Gasteiger partial charge in [-0.1, -0.05) is 58.8 Å². The fourth-order valence-electron chi connectivity index (χ4n) is 2.64. The van der Waals surface area contributed by atoms with Crippen LogP contribution in [0.3, 0.4) is 0 Å². The van der Waals surface area contributed by atoms with Crippen LogP contribution in [0.4, 0.5) is 0 Å². The predicted octanol–water partition coefficient (Wildman–Crippen LogP) is 3.26. The highest BCUT2D eigenvalue weighted by Crippen LogP contribution is 2.43. The molecule has 0 aromatic heterocycles. The summed E-state index contributed by atoms with van der Waals surface area (Å²) < 4.78 is 31.7. The molecule has 10 nitrogen and oxygen atoms in total. The molecule has 3 atom stereocenters. The van der Waals surface area contributed by atoms with E-state index in [4.69, 9.17) is 19.1 Å². The van der Waals surface area contributed by atoms with Crippen molar-refractivity contribution in [3.05, 3.63) is 0 Å². The zero-order valence-electron chi connectivity index (χ0n) is 19.4. The Bertz CT molecular complexity index is 543. The van der Waals surface area contributed by atoms with Gasteiger partial charge >= 0.3 is 19.8 Å². The lowest BCUT2D eigenvalue weighted by atomic mass is 10.1. The summed E-state index contributed by atoms with van der Waals surface area (Å²) in [5.41, 5.74) is 0. The lowest BCUT2D eigenvalue weighted by Crippen LogP contribution is -2.29. The van der Waals surface area contributed by atoms with E-state index in [2.05, 4.69) is 18.4 Å². The van der Waals surface area contributed by atoms with Crippen LogP contribution < -0.4 is 0 Å². The first-order valence-electron chi connectivity index (χ1n) is 11.5. The van der Waals surface area contributed by atoms with Crippen molar-refractivity contribution in [1.29, 1.82) is 0 Å². The van der Waals surface area contributed by atoms with E-state index in [0.717, 1.165) is 44.9 Å². The molecule has 0 aliphatic carbocycles. The van der Waals surface area contributed by atoms with Gasteiger partial charge in [-0.15, -0.1) is 0 Å². The summed E-state index contributed by atoms with van der Waals surface area (Å²) in [6, 6.07) is 0. The van der Waals surface area contributed by atoms with Crippen LogP contribution in [-0.4, -0.2) is 65.7 Å². The summed E-state index contributed by atoms with van der Waals surface area (Å²) in [7, 11) is -4.57. The highest BCUT2D eigenvalue weighted by atomic mass is 31.2. The Kier molecular flexibility index (Phi) is 18.8. The lowest BCUT2D eigenvalue weighted by Gasteiger charge is -2.20. The first kappa shape index (κ1) is 31.0. The second kappa shape index (κ2) is 19.4. The number of phosphoric ester groups is 1. The van der Waals surface area contributed by atoms with E-state index >= 15 is 0 Å². The summed E-state index contributed by atoms with van der Waals surface area (Å²) in [4.78, 5) is 33.7. The molecule has 0 aromatic rings. The Morgan fingerprint density at radius 3 is 1.94 bits per heavy atom. The SMILES string of the molecule is CCCCCCCC(=O)OC[C@H](COP(=O)(O)OC[C@H](O)CO)OC(=O)CCCCCC. The third-order valence-corrected chi connectivity index (χ3v) is 5.46. The highest BCUT2D eigenvalue weighted by molar-refractivity contribution is 7.47. The van der Waals surface area contributed by atoms with E-state index in [0.29, 0.717) is 12.8 Å². The maximum atomic E-state index is 12.1. The van der Waals surface area contributed by atoms with Crippen molar-refractivity contribution < 1.29 is 47.8 Å². The molecule has 0 rings (SSSR count). The molecule has 0 bridgehead atoms. The van der Waals surface area contributed by atoms with E-state index in [1.54, 1.807) is 0 Å². The maximum absolute atomic E-state index is 12.1. The zero-order chi connectivity index (χ0) is 24.2. The van der Waals surface area contributed by atoms with Crippen LogP contribution in [0, 0.1) is 0 Å². The van der Waals surface area contributed by atoms with Gasteiger partial charge in [-0.05, 0) is 12.8 Å². The molecule has 0 saturated carbocycles. The number of aliphatic hydroxyl groups excluding tert-OH is 2. The van der Waals surface area contributed by atoms with Crippen LogP contribution in [0.5, 0.6) is 0 Å². The van der Waals surface area contributed by atoms with Crippen molar-refractivity contribution in [1.82, 2.24) is 0 Å². The normalized spacial score (nSPS) is 15.0. The van der Waals surface area contributed by atoms with Crippen LogP contribution in [0.25, 0.3) is 0 Å². The minimum absolute atomic E-state index is 0.178. The average molecular weight is 485 g/mol. The second-order valence-electron chi connectivity index (χ2n) is 7.67. The van der Waals surface area contributed by atoms with E-state index < -0.39 is 51.8 Å². The number of hydrogen-bond acceptors (Lipinski definition) is 9. The van der Waals surface area contributed by atoms with Gasteiger partial charge in [0.1, 0.15) is 12.7 Å². The van der Waals surface area contributed by atoms with E-state index in [9.17, 15) is 24.2 Å². The first-order chi connectivity index (χ1) is 15.2. The van der Waals surface area contributed by atoms with Crippen LogP contribution in [0.1, 0.15) is 84.5 Å². The number of carbonyl (C=O) groups excluding carboxylic acids is 2. The third kappa shape index (κ3) is 18.5. The van der Waals surface area contributed by atoms with Gasteiger partial charge < -0.3 is 24.6 Å². The van der Waals surface area contributed by atoms with Crippen LogP contribution in [0.15, 0.2) is 0 Å². The lowest BCUT2D eigenvalue weighted by molar-refractivity contribution is -0.161. The van der Waals surface area contributed by atoms with Crippen LogP contribution in [-0.2, 0) is 32.7 Å². The summed E-state index contributed by atoms with van der Waals surface area (Å²) in [5, 5.41) is 17.9. The number of rotatable bonds is 21. The Morgan fingerprint density at radius 1 is 0.812 bits per heavy atom. The predicted molar refractivity (Wildman–Crippen MR) is 118 cm³/mol. The fourth-order valence-corrected chi connectivity index (χ4v) is 3.43. The molecule has 0 aromatic carbocycles. The summed E-state index contributed by atoms with van der Waals surface area (Å²) in [6.07, 6.45) is 6.44. The van der Waals surface area contributed by atoms with Gasteiger partial charge in [-0.3, -0.25) is 18.6 Å². The number of aliphatic hydroxyl groups is 2. The molecule has 0 radical (unpaired) electrons. The first-order valence-corrected chi connectivity index (χ1v) is 13.0. The highest BCUT2D eigenvalue weighted by Gasteiger charge is 2.27. The minimum atomic E-state index is -4.57. The van der Waals surface area contributed by atoms with E-state index in [1.165, 1.54) is 0 Å². The molecule has 3 N–H and O–H groups in total. The molecule has 11 heteroatoms. The number of esters is 2. The summed E-state index contributed by atoms with van der Waals surface area (Å²) in [5.74, 6) is -0.963. The molecule has 190 valence electrons. The van der Waals surface area contributed by atoms with Crippen molar-refractivity contribution in [2.24, 2.45) is 0 Å². The Morgan fingerprint density at radius 2 is 1.34 bits per heavy atom. The number of phosphoric acid groups is 1. The zero-order valence-corrected chi connectivity index (χ0v) is 20.3. The van der Waals surface area contributed by atoms with Gasteiger partial charge in [0, 0.05) is 12.8 Å². The van der Waals surface area contributed by atoms with Gasteiger partial charge in [0.2, 0.25) is 0 Å². The largest absolute Gasteiger partial charge is 0.472 e. The minimum Gasteiger partial charge on any atom is -0.462 e. The summed E-state index contributed by atoms with van der Waals surface area (Å²) in [6.45, 7) is 2.05. The Labute approximate surface area is 191 Å². The van der Waals surface area contributed by atoms with Gasteiger partial charge in [-0.2, -0.15) is 0 Å². The van der Waals surface area contributed by atoms with Crippen molar-refractivity contribution >= 4 is 19.8 Å². The maximum Gasteiger partial charge on any atom is 0.472 e. The molecule has 0 heterocycles. The van der Waals surface area contributed by atoms with E-state index in [1.807, 2.05) is 0 Å². The molecule has 0 aliphatic heterocycles. The molecular formula is C21H41O10P. The molecule has 0 fully saturated rings. The smallest absolute Gasteiger partial charge is 0.462 e. The molecule has 0 aliphatic rings. The van der Waals surface area contributed by atoms with Crippen molar-refractivity contribution in [2.75, 3.05) is 26.4 Å². The topological polar surface area (TPSA) is 149 Å². The monoisotopic (exact) mass is 484 g/mol. The van der Waals surface area contributed by atoms with Crippen molar-refractivity contribution in [3.8, 4) is 0 Å². The number of ether oxygens (including phenoxy) is 2. The van der Waals surface area contributed by atoms with Crippen molar-refractivity contribution in [2.45, 2.75) is 96.7 Å².